The molecule has 0 bridgehead atoms. The van der Waals surface area contributed by atoms with E-state index in [4.69, 9.17) is 4.74 Å². The fraction of sp³-hybridized carbons (Fsp3) is 0.217. The van der Waals surface area contributed by atoms with E-state index < -0.39 is 7.14 Å². The summed E-state index contributed by atoms with van der Waals surface area (Å²) in [6.07, 6.45) is 1.86. The Kier molecular flexibility index (Phi) is 4.70. The van der Waals surface area contributed by atoms with Crippen molar-refractivity contribution in [2.24, 2.45) is 0 Å². The summed E-state index contributed by atoms with van der Waals surface area (Å²) in [5.41, 5.74) is 2.40. The molecule has 3 aromatic rings. The van der Waals surface area contributed by atoms with Gasteiger partial charge in [-0.25, -0.2) is 0 Å². The van der Waals surface area contributed by atoms with Gasteiger partial charge < -0.3 is 9.30 Å². The minimum Gasteiger partial charge on any atom is -0.496 e. The minimum atomic E-state index is -2.77. The molecule has 1 heterocycles. The summed E-state index contributed by atoms with van der Waals surface area (Å²) in [6.45, 7) is 0. The molecule has 1 aliphatic heterocycles. The Bertz CT molecular complexity index is 870. The second-order valence-electron chi connectivity index (χ2n) is 6.81. The van der Waals surface area contributed by atoms with E-state index in [1.165, 1.54) is 11.1 Å². The molecule has 0 amide bonds. The van der Waals surface area contributed by atoms with Gasteiger partial charge in [0, 0.05) is 11.3 Å². The van der Waals surface area contributed by atoms with E-state index in [2.05, 4.69) is 24.3 Å². The van der Waals surface area contributed by atoms with Gasteiger partial charge in [0.25, 0.3) is 0 Å². The highest BCUT2D eigenvalue weighted by molar-refractivity contribution is 7.72. The summed E-state index contributed by atoms with van der Waals surface area (Å²) < 4.78 is 20.4. The van der Waals surface area contributed by atoms with E-state index in [0.29, 0.717) is 0 Å². The van der Waals surface area contributed by atoms with Crippen LogP contribution in [0.25, 0.3) is 0 Å². The van der Waals surface area contributed by atoms with Gasteiger partial charge in [0.2, 0.25) is 0 Å². The molecule has 2 nitrogen and oxygen atoms in total. The maximum Gasteiger partial charge on any atom is 0.133 e. The van der Waals surface area contributed by atoms with Gasteiger partial charge in [-0.05, 0) is 36.1 Å². The van der Waals surface area contributed by atoms with Crippen molar-refractivity contribution in [3.8, 4) is 5.75 Å². The zero-order valence-corrected chi connectivity index (χ0v) is 15.8. The summed E-state index contributed by atoms with van der Waals surface area (Å²) >= 11 is 0. The summed E-state index contributed by atoms with van der Waals surface area (Å²) in [5, 5.41) is 0.878. The molecule has 1 fully saturated rings. The lowest BCUT2D eigenvalue weighted by Crippen LogP contribution is -2.14. The lowest BCUT2D eigenvalue weighted by atomic mass is 10.0. The second-order valence-corrected chi connectivity index (χ2v) is 9.96. The maximum absolute atomic E-state index is 14.8. The number of methoxy groups -OCH3 is 1. The fourth-order valence-corrected chi connectivity index (χ4v) is 8.53. The Morgan fingerprint density at radius 2 is 1.19 bits per heavy atom. The van der Waals surface area contributed by atoms with Crippen LogP contribution in [0.1, 0.15) is 35.3 Å². The van der Waals surface area contributed by atoms with Crippen molar-refractivity contribution < 1.29 is 9.30 Å². The molecule has 1 saturated heterocycles. The quantitative estimate of drug-likeness (QED) is 0.535. The molecule has 0 radical (unpaired) electrons. The molecule has 3 heteroatoms. The monoisotopic (exact) mass is 362 g/mol. The Labute approximate surface area is 155 Å². The van der Waals surface area contributed by atoms with Gasteiger partial charge in [0.1, 0.15) is 12.9 Å². The van der Waals surface area contributed by atoms with Crippen LogP contribution in [0.15, 0.2) is 84.9 Å². The zero-order chi connectivity index (χ0) is 18.0. The van der Waals surface area contributed by atoms with Crippen molar-refractivity contribution in [1.29, 1.82) is 0 Å². The number of hydrogen-bond acceptors (Lipinski definition) is 2. The number of hydrogen-bond donors (Lipinski definition) is 0. The molecule has 26 heavy (non-hydrogen) atoms. The van der Waals surface area contributed by atoms with Gasteiger partial charge in [-0.1, -0.05) is 72.8 Å². The topological polar surface area (TPSA) is 26.3 Å². The van der Waals surface area contributed by atoms with Crippen LogP contribution in [-0.4, -0.2) is 7.11 Å². The van der Waals surface area contributed by atoms with Crippen LogP contribution in [0, 0.1) is 0 Å². The number of para-hydroxylation sites is 1. The first kappa shape index (κ1) is 17.1. The molecule has 4 rings (SSSR count). The Morgan fingerprint density at radius 3 is 1.69 bits per heavy atom. The van der Waals surface area contributed by atoms with Gasteiger partial charge in [-0.15, -0.1) is 0 Å². The number of rotatable bonds is 4. The molecule has 0 N–H and O–H groups in total. The molecule has 1 aliphatic rings. The molecule has 0 saturated carbocycles. The van der Waals surface area contributed by atoms with E-state index in [9.17, 15) is 4.57 Å². The minimum absolute atomic E-state index is 0.0326. The predicted octanol–water partition coefficient (Wildman–Crippen LogP) is 5.96. The highest BCUT2D eigenvalue weighted by Crippen LogP contribution is 2.76. The molecule has 0 spiro atoms. The van der Waals surface area contributed by atoms with E-state index in [0.717, 1.165) is 23.9 Å². The van der Waals surface area contributed by atoms with Crippen LogP contribution >= 0.6 is 7.14 Å². The lowest BCUT2D eigenvalue weighted by Gasteiger charge is -2.28. The summed E-state index contributed by atoms with van der Waals surface area (Å²) in [6, 6.07) is 28.5. The van der Waals surface area contributed by atoms with E-state index in [1.807, 2.05) is 60.7 Å². The van der Waals surface area contributed by atoms with Crippen LogP contribution in [0.4, 0.5) is 0 Å². The predicted molar refractivity (Wildman–Crippen MR) is 108 cm³/mol. The van der Waals surface area contributed by atoms with Crippen LogP contribution < -0.4 is 10.0 Å². The maximum atomic E-state index is 14.8. The van der Waals surface area contributed by atoms with Crippen LogP contribution in [-0.2, 0) is 4.57 Å². The Balaban J connectivity index is 1.91. The highest BCUT2D eigenvalue weighted by Gasteiger charge is 2.49. The SMILES string of the molecule is COc1ccccc1P1(=O)[C@H](c2ccccc2)CC[C@H]1c1ccccc1. The van der Waals surface area contributed by atoms with Gasteiger partial charge >= 0.3 is 0 Å². The Hall–Kier alpha value is -2.31. The van der Waals surface area contributed by atoms with Crippen molar-refractivity contribution in [3.05, 3.63) is 96.1 Å². The second kappa shape index (κ2) is 7.13. The molecular formula is C23H23O2P. The van der Waals surface area contributed by atoms with Crippen LogP contribution in [0.5, 0.6) is 5.75 Å². The molecular weight excluding hydrogens is 339 g/mol. The van der Waals surface area contributed by atoms with Gasteiger partial charge in [0.05, 0.1) is 12.4 Å². The molecule has 0 aliphatic carbocycles. The number of ether oxygens (including phenoxy) is 1. The third kappa shape index (κ3) is 2.79. The molecule has 2 atom stereocenters. The van der Waals surface area contributed by atoms with Gasteiger partial charge in [-0.2, -0.15) is 0 Å². The van der Waals surface area contributed by atoms with Crippen molar-refractivity contribution in [2.75, 3.05) is 7.11 Å². The van der Waals surface area contributed by atoms with Crippen molar-refractivity contribution in [1.82, 2.24) is 0 Å². The fourth-order valence-electron chi connectivity index (χ4n) is 4.30. The average Bonchev–Trinajstić information content (AvgIpc) is 3.07. The smallest absolute Gasteiger partial charge is 0.133 e. The van der Waals surface area contributed by atoms with Gasteiger partial charge in [-0.3, -0.25) is 0 Å². The first-order valence-corrected chi connectivity index (χ1v) is 10.9. The number of benzene rings is 3. The average molecular weight is 362 g/mol. The molecule has 3 aromatic carbocycles. The van der Waals surface area contributed by atoms with Crippen LogP contribution in [0.3, 0.4) is 0 Å². The summed E-state index contributed by atoms with van der Waals surface area (Å²) in [4.78, 5) is 0. The lowest BCUT2D eigenvalue weighted by molar-refractivity contribution is 0.417. The summed E-state index contributed by atoms with van der Waals surface area (Å²) in [7, 11) is -1.10. The normalized spacial score (nSPS) is 21.4. The third-order valence-electron chi connectivity index (χ3n) is 5.47. The Morgan fingerprint density at radius 1 is 0.731 bits per heavy atom. The van der Waals surface area contributed by atoms with Crippen molar-refractivity contribution >= 4 is 12.4 Å². The van der Waals surface area contributed by atoms with E-state index in [-0.39, 0.29) is 11.3 Å². The zero-order valence-electron chi connectivity index (χ0n) is 14.9. The van der Waals surface area contributed by atoms with E-state index in [1.54, 1.807) is 7.11 Å². The highest BCUT2D eigenvalue weighted by atomic mass is 31.2. The van der Waals surface area contributed by atoms with Gasteiger partial charge in [0.15, 0.2) is 0 Å². The van der Waals surface area contributed by atoms with Crippen molar-refractivity contribution in [3.63, 3.8) is 0 Å². The first-order valence-electron chi connectivity index (χ1n) is 9.08. The standard InChI is InChI=1S/C23H23O2P/c1-25-20-14-8-9-15-23(20)26(24)21(18-10-4-2-5-11-18)16-17-22(26)19-12-6-3-7-13-19/h2-15,21-22H,16-17H2,1H3/t21-,22-/m0/s1. The molecule has 132 valence electrons. The van der Waals surface area contributed by atoms with E-state index >= 15 is 0 Å². The summed E-state index contributed by atoms with van der Waals surface area (Å²) in [5.74, 6) is 0.736. The third-order valence-corrected chi connectivity index (χ3v) is 9.56. The largest absolute Gasteiger partial charge is 0.496 e. The first-order chi connectivity index (χ1) is 12.7. The van der Waals surface area contributed by atoms with Crippen LogP contribution in [0.2, 0.25) is 0 Å². The van der Waals surface area contributed by atoms with Crippen molar-refractivity contribution in [2.45, 2.75) is 24.2 Å². The molecule has 0 aromatic heterocycles. The molecule has 0 unspecified atom stereocenters.